The Morgan fingerprint density at radius 2 is 1.85 bits per heavy atom. The molecule has 1 N–H and O–H groups in total. The topological polar surface area (TPSA) is 69.2 Å². The Hall–Kier alpha value is -2.73. The molecule has 6 nitrogen and oxygen atoms in total. The number of rotatable bonds is 8. The Bertz CT molecular complexity index is 817. The molecule has 0 bridgehead atoms. The Balaban J connectivity index is 1.95. The molecule has 27 heavy (non-hydrogen) atoms. The second-order valence-electron chi connectivity index (χ2n) is 5.87. The van der Waals surface area contributed by atoms with E-state index in [-0.39, 0.29) is 12.5 Å². The van der Waals surface area contributed by atoms with E-state index in [9.17, 15) is 4.79 Å². The first-order valence-corrected chi connectivity index (χ1v) is 8.84. The van der Waals surface area contributed by atoms with E-state index in [1.165, 1.54) is 13.3 Å². The molecule has 0 aliphatic rings. The van der Waals surface area contributed by atoms with Gasteiger partial charge in [0.05, 0.1) is 25.0 Å². The van der Waals surface area contributed by atoms with Gasteiger partial charge in [-0.2, -0.15) is 5.10 Å². The standard InChI is InChI=1S/C20H23ClN2O4/c1-5-26-18-10-15(9-17(21)20(18)25-4)11-22-23-19(24)12-27-16-7-13(2)6-14(3)8-16/h6-11H,5,12H2,1-4H3,(H,23,24)/b22-11-. The molecular formula is C20H23ClN2O4. The van der Waals surface area contributed by atoms with Gasteiger partial charge in [-0.3, -0.25) is 4.79 Å². The van der Waals surface area contributed by atoms with Crippen LogP contribution in [0.1, 0.15) is 23.6 Å². The van der Waals surface area contributed by atoms with Gasteiger partial charge in [0, 0.05) is 0 Å². The number of hydrazone groups is 1. The highest BCUT2D eigenvalue weighted by Crippen LogP contribution is 2.35. The SMILES string of the molecule is CCOc1cc(/C=N\NC(=O)COc2cc(C)cc(C)c2)cc(Cl)c1OC. The number of carbonyl (C=O) groups excluding carboxylic acids is 1. The van der Waals surface area contributed by atoms with Gasteiger partial charge in [-0.15, -0.1) is 0 Å². The molecule has 0 saturated carbocycles. The average molecular weight is 391 g/mol. The van der Waals surface area contributed by atoms with E-state index in [1.54, 1.807) is 12.1 Å². The molecular weight excluding hydrogens is 368 g/mol. The zero-order valence-electron chi connectivity index (χ0n) is 15.8. The number of nitrogens with one attached hydrogen (secondary N) is 1. The first kappa shape index (κ1) is 20.6. The summed E-state index contributed by atoms with van der Waals surface area (Å²) in [4.78, 5) is 11.9. The lowest BCUT2D eigenvalue weighted by Crippen LogP contribution is -2.24. The summed E-state index contributed by atoms with van der Waals surface area (Å²) in [6.45, 7) is 6.15. The quantitative estimate of drug-likeness (QED) is 0.548. The second-order valence-corrected chi connectivity index (χ2v) is 6.28. The number of halogens is 1. The molecule has 0 atom stereocenters. The van der Waals surface area contributed by atoms with E-state index in [4.69, 9.17) is 25.8 Å². The highest BCUT2D eigenvalue weighted by atomic mass is 35.5. The van der Waals surface area contributed by atoms with Crippen LogP contribution in [-0.4, -0.2) is 32.4 Å². The van der Waals surface area contributed by atoms with Gasteiger partial charge in [0.2, 0.25) is 0 Å². The van der Waals surface area contributed by atoms with Crippen LogP contribution in [0.4, 0.5) is 0 Å². The summed E-state index contributed by atoms with van der Waals surface area (Å²) < 4.78 is 16.2. The maximum atomic E-state index is 11.9. The van der Waals surface area contributed by atoms with Gasteiger partial charge in [0.1, 0.15) is 5.75 Å². The van der Waals surface area contributed by atoms with Crippen molar-refractivity contribution in [3.63, 3.8) is 0 Å². The Labute approximate surface area is 164 Å². The van der Waals surface area contributed by atoms with Gasteiger partial charge in [-0.25, -0.2) is 5.43 Å². The lowest BCUT2D eigenvalue weighted by atomic mass is 10.1. The fourth-order valence-corrected chi connectivity index (χ4v) is 2.80. The predicted octanol–water partition coefficient (Wildman–Crippen LogP) is 3.89. The molecule has 0 aliphatic carbocycles. The lowest BCUT2D eigenvalue weighted by Gasteiger charge is -2.11. The minimum absolute atomic E-state index is 0.131. The van der Waals surface area contributed by atoms with E-state index in [1.807, 2.05) is 39.0 Å². The molecule has 0 saturated heterocycles. The van der Waals surface area contributed by atoms with Gasteiger partial charge in [0.15, 0.2) is 18.1 Å². The van der Waals surface area contributed by atoms with Crippen molar-refractivity contribution in [1.82, 2.24) is 5.43 Å². The van der Waals surface area contributed by atoms with Crippen LogP contribution in [-0.2, 0) is 4.79 Å². The zero-order chi connectivity index (χ0) is 19.8. The average Bonchev–Trinajstić information content (AvgIpc) is 2.59. The van der Waals surface area contributed by atoms with Crippen molar-refractivity contribution in [1.29, 1.82) is 0 Å². The minimum atomic E-state index is -0.366. The third-order valence-electron chi connectivity index (χ3n) is 3.50. The van der Waals surface area contributed by atoms with Crippen molar-refractivity contribution < 1.29 is 19.0 Å². The number of nitrogens with zero attached hydrogens (tertiary/aromatic N) is 1. The molecule has 0 heterocycles. The number of hydrogen-bond donors (Lipinski definition) is 1. The largest absolute Gasteiger partial charge is 0.491 e. The highest BCUT2D eigenvalue weighted by Gasteiger charge is 2.10. The summed E-state index contributed by atoms with van der Waals surface area (Å²) in [5.74, 6) is 1.25. The first-order chi connectivity index (χ1) is 12.9. The van der Waals surface area contributed by atoms with Crippen LogP contribution in [0.3, 0.4) is 0 Å². The van der Waals surface area contributed by atoms with Crippen LogP contribution < -0.4 is 19.6 Å². The maximum absolute atomic E-state index is 11.9. The molecule has 2 aromatic carbocycles. The molecule has 144 valence electrons. The van der Waals surface area contributed by atoms with Crippen LogP contribution in [0, 0.1) is 13.8 Å². The van der Waals surface area contributed by atoms with E-state index in [0.29, 0.717) is 34.4 Å². The van der Waals surface area contributed by atoms with E-state index < -0.39 is 0 Å². The predicted molar refractivity (Wildman–Crippen MR) is 106 cm³/mol. The van der Waals surface area contributed by atoms with Crippen LogP contribution in [0.5, 0.6) is 17.2 Å². The lowest BCUT2D eigenvalue weighted by molar-refractivity contribution is -0.123. The molecule has 0 unspecified atom stereocenters. The number of methoxy groups -OCH3 is 1. The number of amides is 1. The van der Waals surface area contributed by atoms with Crippen molar-refractivity contribution in [2.75, 3.05) is 20.3 Å². The Kier molecular flexibility index (Phi) is 7.49. The normalized spacial score (nSPS) is 10.7. The van der Waals surface area contributed by atoms with Crippen LogP contribution in [0.15, 0.2) is 35.4 Å². The van der Waals surface area contributed by atoms with Gasteiger partial charge in [-0.05, 0) is 61.7 Å². The third-order valence-corrected chi connectivity index (χ3v) is 3.78. The molecule has 0 aliphatic heterocycles. The summed E-state index contributed by atoms with van der Waals surface area (Å²) in [7, 11) is 1.52. The van der Waals surface area contributed by atoms with E-state index >= 15 is 0 Å². The van der Waals surface area contributed by atoms with Crippen molar-refractivity contribution in [2.24, 2.45) is 5.10 Å². The fourth-order valence-electron chi connectivity index (χ4n) is 2.50. The number of ether oxygens (including phenoxy) is 3. The van der Waals surface area contributed by atoms with Crippen LogP contribution in [0.25, 0.3) is 0 Å². The van der Waals surface area contributed by atoms with Crippen molar-refractivity contribution in [2.45, 2.75) is 20.8 Å². The summed E-state index contributed by atoms with van der Waals surface area (Å²) in [5, 5.41) is 4.32. The minimum Gasteiger partial charge on any atom is -0.491 e. The summed E-state index contributed by atoms with van der Waals surface area (Å²) in [5.41, 5.74) is 5.23. The number of aryl methyl sites for hydroxylation is 2. The molecule has 0 spiro atoms. The summed E-state index contributed by atoms with van der Waals surface area (Å²) in [6, 6.07) is 9.19. The number of carbonyl (C=O) groups is 1. The third kappa shape index (κ3) is 6.18. The fraction of sp³-hybridized carbons (Fsp3) is 0.300. The molecule has 2 aromatic rings. The number of benzene rings is 2. The maximum Gasteiger partial charge on any atom is 0.277 e. The molecule has 2 rings (SSSR count). The van der Waals surface area contributed by atoms with Gasteiger partial charge >= 0.3 is 0 Å². The monoisotopic (exact) mass is 390 g/mol. The van der Waals surface area contributed by atoms with Crippen molar-refractivity contribution in [3.05, 3.63) is 52.0 Å². The van der Waals surface area contributed by atoms with Crippen LogP contribution in [0.2, 0.25) is 5.02 Å². The van der Waals surface area contributed by atoms with E-state index in [2.05, 4.69) is 10.5 Å². The molecule has 0 aromatic heterocycles. The van der Waals surface area contributed by atoms with Crippen molar-refractivity contribution >= 4 is 23.7 Å². The van der Waals surface area contributed by atoms with Crippen molar-refractivity contribution in [3.8, 4) is 17.2 Å². The zero-order valence-corrected chi connectivity index (χ0v) is 16.6. The molecule has 7 heteroatoms. The Morgan fingerprint density at radius 3 is 2.48 bits per heavy atom. The first-order valence-electron chi connectivity index (χ1n) is 8.46. The van der Waals surface area contributed by atoms with Crippen LogP contribution >= 0.6 is 11.6 Å². The van der Waals surface area contributed by atoms with Gasteiger partial charge in [-0.1, -0.05) is 17.7 Å². The number of hydrogen-bond acceptors (Lipinski definition) is 5. The summed E-state index contributed by atoms with van der Waals surface area (Å²) >= 11 is 6.18. The van der Waals surface area contributed by atoms with Gasteiger partial charge in [0.25, 0.3) is 5.91 Å². The smallest absolute Gasteiger partial charge is 0.277 e. The highest BCUT2D eigenvalue weighted by molar-refractivity contribution is 6.32. The second kappa shape index (κ2) is 9.83. The molecule has 1 amide bonds. The molecule has 0 radical (unpaired) electrons. The van der Waals surface area contributed by atoms with E-state index in [0.717, 1.165) is 11.1 Å². The Morgan fingerprint density at radius 1 is 1.15 bits per heavy atom. The summed E-state index contributed by atoms with van der Waals surface area (Å²) in [6.07, 6.45) is 1.47. The van der Waals surface area contributed by atoms with Gasteiger partial charge < -0.3 is 14.2 Å². The molecule has 0 fully saturated rings.